The number of ether oxygens (including phenoxy) is 1. The molecule has 70 valence electrons. The van der Waals surface area contributed by atoms with Gasteiger partial charge in [-0.05, 0) is 19.9 Å². The van der Waals surface area contributed by atoms with E-state index in [1.165, 1.54) is 0 Å². The predicted molar refractivity (Wildman–Crippen MR) is 49.5 cm³/mol. The second kappa shape index (κ2) is 6.03. The first-order valence-corrected chi connectivity index (χ1v) is 3.91. The highest BCUT2D eigenvalue weighted by Gasteiger charge is 2.11. The highest BCUT2D eigenvalue weighted by Crippen LogP contribution is 2.05. The van der Waals surface area contributed by atoms with Gasteiger partial charge in [0.1, 0.15) is 0 Å². The summed E-state index contributed by atoms with van der Waals surface area (Å²) < 4.78 is 4.85. The lowest BCUT2D eigenvalue weighted by atomic mass is 10.1. The van der Waals surface area contributed by atoms with Gasteiger partial charge in [-0.3, -0.25) is 0 Å². The molecule has 0 atom stereocenters. The molecule has 0 aliphatic carbocycles. The van der Waals surface area contributed by atoms with Gasteiger partial charge >= 0.3 is 5.97 Å². The Labute approximate surface area is 78.6 Å². The van der Waals surface area contributed by atoms with Crippen LogP contribution in [0.25, 0.3) is 0 Å². The van der Waals surface area contributed by atoms with E-state index in [0.29, 0.717) is 6.61 Å². The number of hydrogen-bond acceptors (Lipinski definition) is 3. The maximum atomic E-state index is 11.1. The number of nitrogens with one attached hydrogen (secondary N) is 1. The van der Waals surface area contributed by atoms with E-state index in [1.54, 1.807) is 0 Å². The van der Waals surface area contributed by atoms with Crippen molar-refractivity contribution in [3.8, 4) is 0 Å². The maximum Gasteiger partial charge on any atom is 0.333 e. The molecule has 1 aliphatic rings. The molecule has 1 rings (SSSR count). The van der Waals surface area contributed by atoms with Crippen LogP contribution in [-0.4, -0.2) is 25.7 Å². The van der Waals surface area contributed by atoms with E-state index < -0.39 is 0 Å². The minimum Gasteiger partial charge on any atom is -0.463 e. The summed E-state index contributed by atoms with van der Waals surface area (Å²) in [5, 5.41) is 3.13. The van der Waals surface area contributed by atoms with Crippen LogP contribution >= 0.6 is 12.4 Å². The molecule has 12 heavy (non-hydrogen) atoms. The number of hydrogen-bond donors (Lipinski definition) is 1. The van der Waals surface area contributed by atoms with Gasteiger partial charge < -0.3 is 10.1 Å². The summed E-state index contributed by atoms with van der Waals surface area (Å²) in [4.78, 5) is 11.1. The molecular weight excluding hydrogens is 178 g/mol. The van der Waals surface area contributed by atoms with Crippen LogP contribution in [0, 0.1) is 0 Å². The highest BCUT2D eigenvalue weighted by atomic mass is 35.5. The molecule has 0 radical (unpaired) electrons. The van der Waals surface area contributed by atoms with E-state index >= 15 is 0 Å². The van der Waals surface area contributed by atoms with Gasteiger partial charge in [-0.1, -0.05) is 6.08 Å². The zero-order chi connectivity index (χ0) is 8.10. The van der Waals surface area contributed by atoms with Crippen LogP contribution in [0.2, 0.25) is 0 Å². The highest BCUT2D eigenvalue weighted by molar-refractivity contribution is 5.88. The molecule has 0 saturated carbocycles. The zero-order valence-corrected chi connectivity index (χ0v) is 7.95. The zero-order valence-electron chi connectivity index (χ0n) is 7.13. The van der Waals surface area contributed by atoms with Crippen molar-refractivity contribution < 1.29 is 9.53 Å². The number of carbonyl (C=O) groups excluding carboxylic acids is 1. The first kappa shape index (κ1) is 11.5. The molecular formula is C8H14ClNO2. The second-order valence-electron chi connectivity index (χ2n) is 2.40. The molecule has 0 unspecified atom stereocenters. The monoisotopic (exact) mass is 191 g/mol. The summed E-state index contributed by atoms with van der Waals surface area (Å²) in [6.07, 6.45) is 2.68. The number of rotatable bonds is 2. The van der Waals surface area contributed by atoms with E-state index in [4.69, 9.17) is 4.74 Å². The molecule has 1 heterocycles. The maximum absolute atomic E-state index is 11.1. The van der Waals surface area contributed by atoms with E-state index in [-0.39, 0.29) is 18.4 Å². The average molecular weight is 192 g/mol. The molecule has 4 heteroatoms. The van der Waals surface area contributed by atoms with Crippen LogP contribution in [0.3, 0.4) is 0 Å². The Morgan fingerprint density at radius 3 is 3.00 bits per heavy atom. The van der Waals surface area contributed by atoms with Gasteiger partial charge in [-0.25, -0.2) is 4.79 Å². The summed E-state index contributed by atoms with van der Waals surface area (Å²) in [6.45, 7) is 3.95. The van der Waals surface area contributed by atoms with Crippen LogP contribution in [0.4, 0.5) is 0 Å². The van der Waals surface area contributed by atoms with Gasteiger partial charge in [0.25, 0.3) is 0 Å². The minimum atomic E-state index is -0.158. The molecule has 1 N–H and O–H groups in total. The molecule has 0 spiro atoms. The van der Waals surface area contributed by atoms with Crippen molar-refractivity contribution in [1.29, 1.82) is 0 Å². The summed E-state index contributed by atoms with van der Waals surface area (Å²) in [6, 6.07) is 0. The van der Waals surface area contributed by atoms with E-state index in [0.717, 1.165) is 25.1 Å². The van der Waals surface area contributed by atoms with Gasteiger partial charge in [0.15, 0.2) is 0 Å². The van der Waals surface area contributed by atoms with Crippen molar-refractivity contribution >= 4 is 18.4 Å². The fourth-order valence-electron chi connectivity index (χ4n) is 1.03. The molecule has 0 amide bonds. The summed E-state index contributed by atoms with van der Waals surface area (Å²) >= 11 is 0. The fraction of sp³-hybridized carbons (Fsp3) is 0.625. The smallest absolute Gasteiger partial charge is 0.333 e. The molecule has 0 aromatic rings. The third-order valence-electron chi connectivity index (χ3n) is 1.60. The standard InChI is InChI=1S/C8H13NO2.ClH/c1-2-11-8(10)7-3-5-9-6-4-7;/h3,9H,2,4-6H2,1H3;1H. The predicted octanol–water partition coefficient (Wildman–Crippen LogP) is 0.891. The Morgan fingerprint density at radius 1 is 1.75 bits per heavy atom. The number of esters is 1. The van der Waals surface area contributed by atoms with Gasteiger partial charge in [0.2, 0.25) is 0 Å². The van der Waals surface area contributed by atoms with Crippen molar-refractivity contribution in [2.24, 2.45) is 0 Å². The van der Waals surface area contributed by atoms with E-state index in [2.05, 4.69) is 5.32 Å². The SMILES string of the molecule is CCOC(=O)C1=CCNCC1.Cl. The lowest BCUT2D eigenvalue weighted by molar-refractivity contribution is -0.138. The first-order valence-electron chi connectivity index (χ1n) is 3.91. The van der Waals surface area contributed by atoms with Crippen LogP contribution in [-0.2, 0) is 9.53 Å². The second-order valence-corrected chi connectivity index (χ2v) is 2.40. The van der Waals surface area contributed by atoms with Crippen molar-refractivity contribution in [2.75, 3.05) is 19.7 Å². The molecule has 1 aliphatic heterocycles. The lowest BCUT2D eigenvalue weighted by Crippen LogP contribution is -2.24. The Morgan fingerprint density at radius 2 is 2.50 bits per heavy atom. The Hall–Kier alpha value is -0.540. The molecule has 0 bridgehead atoms. The molecule has 0 fully saturated rings. The molecule has 0 aromatic heterocycles. The van der Waals surface area contributed by atoms with Crippen LogP contribution < -0.4 is 5.32 Å². The quantitative estimate of drug-likeness (QED) is 0.659. The third kappa shape index (κ3) is 3.24. The van der Waals surface area contributed by atoms with Crippen LogP contribution in [0.5, 0.6) is 0 Å². The Balaban J connectivity index is 0.00000121. The van der Waals surface area contributed by atoms with Gasteiger partial charge in [0, 0.05) is 12.1 Å². The number of carbonyl (C=O) groups is 1. The molecule has 0 aromatic carbocycles. The van der Waals surface area contributed by atoms with Gasteiger partial charge in [-0.15, -0.1) is 12.4 Å². The minimum absolute atomic E-state index is 0. The summed E-state index contributed by atoms with van der Waals surface area (Å²) in [5.41, 5.74) is 0.811. The van der Waals surface area contributed by atoms with Crippen molar-refractivity contribution in [3.63, 3.8) is 0 Å². The largest absolute Gasteiger partial charge is 0.463 e. The Kier molecular flexibility index (Phi) is 5.76. The van der Waals surface area contributed by atoms with Gasteiger partial charge in [-0.2, -0.15) is 0 Å². The van der Waals surface area contributed by atoms with Crippen LogP contribution in [0.15, 0.2) is 11.6 Å². The molecule has 3 nitrogen and oxygen atoms in total. The lowest BCUT2D eigenvalue weighted by Gasteiger charge is -2.11. The topological polar surface area (TPSA) is 38.3 Å². The Bertz CT molecular complexity index is 180. The van der Waals surface area contributed by atoms with Crippen LogP contribution in [0.1, 0.15) is 13.3 Å². The summed E-state index contributed by atoms with van der Waals surface area (Å²) in [7, 11) is 0. The van der Waals surface area contributed by atoms with Gasteiger partial charge in [0.05, 0.1) is 6.61 Å². The van der Waals surface area contributed by atoms with Crippen molar-refractivity contribution in [3.05, 3.63) is 11.6 Å². The molecule has 0 saturated heterocycles. The first-order chi connectivity index (χ1) is 5.34. The van der Waals surface area contributed by atoms with E-state index in [9.17, 15) is 4.79 Å². The number of halogens is 1. The summed E-state index contributed by atoms with van der Waals surface area (Å²) in [5.74, 6) is -0.158. The average Bonchev–Trinajstić information content (AvgIpc) is 2.07. The van der Waals surface area contributed by atoms with Crippen molar-refractivity contribution in [2.45, 2.75) is 13.3 Å². The fourth-order valence-corrected chi connectivity index (χ4v) is 1.03. The van der Waals surface area contributed by atoms with Crippen molar-refractivity contribution in [1.82, 2.24) is 5.32 Å². The van der Waals surface area contributed by atoms with E-state index in [1.807, 2.05) is 13.0 Å². The normalized spacial score (nSPS) is 15.9. The third-order valence-corrected chi connectivity index (χ3v) is 1.60.